The number of nitrogens with two attached hydrogens (primary N) is 1. The zero-order valence-corrected chi connectivity index (χ0v) is 14.2. The fourth-order valence-corrected chi connectivity index (χ4v) is 4.03. The molecule has 2 N–H and O–H groups in total. The molecule has 1 aromatic carbocycles. The van der Waals surface area contributed by atoms with Crippen molar-refractivity contribution in [1.29, 1.82) is 0 Å². The standard InChI is InChI=1S/C18H25N5O/c1-2-17-20-9-3-10-21(17)13-4-6-14(7-5-13)23-12-16-15(19)8-11-22(16)18(23)24/h4-7,15-16H,2-3,8-12,19H2,1H3/t15-,16-/m1/s1. The number of anilines is 2. The number of carbonyl (C=O) groups is 1. The minimum absolute atomic E-state index is 0.0921. The van der Waals surface area contributed by atoms with Gasteiger partial charge in [0.15, 0.2) is 0 Å². The van der Waals surface area contributed by atoms with Crippen molar-refractivity contribution in [2.45, 2.75) is 38.3 Å². The van der Waals surface area contributed by atoms with Gasteiger partial charge in [0, 0.05) is 50.0 Å². The molecule has 0 unspecified atom stereocenters. The number of hydrogen-bond donors (Lipinski definition) is 1. The fraction of sp³-hybridized carbons (Fsp3) is 0.556. The van der Waals surface area contributed by atoms with Crippen LogP contribution in [0, 0.1) is 0 Å². The van der Waals surface area contributed by atoms with Gasteiger partial charge in [-0.2, -0.15) is 0 Å². The molecule has 24 heavy (non-hydrogen) atoms. The molecular weight excluding hydrogens is 302 g/mol. The molecule has 3 aliphatic rings. The summed E-state index contributed by atoms with van der Waals surface area (Å²) >= 11 is 0. The van der Waals surface area contributed by atoms with Crippen LogP contribution < -0.4 is 15.5 Å². The van der Waals surface area contributed by atoms with E-state index in [-0.39, 0.29) is 18.1 Å². The van der Waals surface area contributed by atoms with Gasteiger partial charge in [0.1, 0.15) is 5.84 Å². The maximum absolute atomic E-state index is 12.6. The van der Waals surface area contributed by atoms with E-state index in [1.54, 1.807) is 0 Å². The number of amides is 2. The molecule has 0 radical (unpaired) electrons. The molecular formula is C18H25N5O. The van der Waals surface area contributed by atoms with Crippen molar-refractivity contribution in [3.63, 3.8) is 0 Å². The molecule has 0 saturated carbocycles. The van der Waals surface area contributed by atoms with Crippen LogP contribution in [-0.2, 0) is 0 Å². The van der Waals surface area contributed by atoms with Gasteiger partial charge in [-0.1, -0.05) is 6.92 Å². The molecule has 2 fully saturated rings. The largest absolute Gasteiger partial charge is 0.330 e. The van der Waals surface area contributed by atoms with Gasteiger partial charge < -0.3 is 15.5 Å². The zero-order chi connectivity index (χ0) is 16.7. The number of fused-ring (bicyclic) bond motifs is 1. The Balaban J connectivity index is 1.53. The molecule has 0 aliphatic carbocycles. The first-order valence-corrected chi connectivity index (χ1v) is 8.93. The van der Waals surface area contributed by atoms with Gasteiger partial charge in [-0.15, -0.1) is 0 Å². The minimum atomic E-state index is 0.0921. The van der Waals surface area contributed by atoms with Gasteiger partial charge in [-0.3, -0.25) is 9.89 Å². The lowest BCUT2D eigenvalue weighted by molar-refractivity contribution is 0.218. The van der Waals surface area contributed by atoms with E-state index >= 15 is 0 Å². The van der Waals surface area contributed by atoms with Crippen LogP contribution in [-0.4, -0.2) is 55.0 Å². The van der Waals surface area contributed by atoms with Gasteiger partial charge in [-0.25, -0.2) is 4.79 Å². The lowest BCUT2D eigenvalue weighted by Gasteiger charge is -2.29. The van der Waals surface area contributed by atoms with Crippen molar-refractivity contribution in [1.82, 2.24) is 4.90 Å². The van der Waals surface area contributed by atoms with Crippen molar-refractivity contribution in [3.8, 4) is 0 Å². The molecule has 0 aromatic heterocycles. The molecule has 0 bridgehead atoms. The minimum Gasteiger partial charge on any atom is -0.330 e. The summed E-state index contributed by atoms with van der Waals surface area (Å²) in [5.41, 5.74) is 8.25. The second-order valence-corrected chi connectivity index (χ2v) is 6.78. The quantitative estimate of drug-likeness (QED) is 0.924. The molecule has 2 atom stereocenters. The summed E-state index contributed by atoms with van der Waals surface area (Å²) < 4.78 is 0. The molecule has 0 spiro atoms. The van der Waals surface area contributed by atoms with E-state index in [0.717, 1.165) is 56.1 Å². The fourth-order valence-electron chi connectivity index (χ4n) is 4.03. The van der Waals surface area contributed by atoms with Crippen LogP contribution in [0.3, 0.4) is 0 Å². The van der Waals surface area contributed by atoms with Crippen molar-refractivity contribution in [2.24, 2.45) is 10.7 Å². The van der Waals surface area contributed by atoms with Crippen molar-refractivity contribution >= 4 is 23.2 Å². The van der Waals surface area contributed by atoms with Crippen LogP contribution in [0.4, 0.5) is 16.2 Å². The van der Waals surface area contributed by atoms with E-state index in [2.05, 4.69) is 28.9 Å². The predicted octanol–water partition coefficient (Wildman–Crippen LogP) is 2.05. The monoisotopic (exact) mass is 327 g/mol. The lowest BCUT2D eigenvalue weighted by Crippen LogP contribution is -2.37. The normalized spacial score (nSPS) is 26.8. The van der Waals surface area contributed by atoms with Crippen LogP contribution in [0.5, 0.6) is 0 Å². The maximum atomic E-state index is 12.6. The first-order valence-electron chi connectivity index (χ1n) is 8.93. The van der Waals surface area contributed by atoms with E-state index in [0.29, 0.717) is 6.54 Å². The third-order valence-corrected chi connectivity index (χ3v) is 5.38. The molecule has 4 rings (SSSR count). The van der Waals surface area contributed by atoms with Gasteiger partial charge in [0.05, 0.1) is 6.04 Å². The van der Waals surface area contributed by atoms with E-state index in [1.165, 1.54) is 0 Å². The second-order valence-electron chi connectivity index (χ2n) is 6.78. The summed E-state index contributed by atoms with van der Waals surface area (Å²) in [5.74, 6) is 1.15. The zero-order valence-electron chi connectivity index (χ0n) is 14.2. The Labute approximate surface area is 142 Å². The molecule has 6 heteroatoms. The highest BCUT2D eigenvalue weighted by atomic mass is 16.2. The molecule has 1 aromatic rings. The Bertz CT molecular complexity index is 656. The second kappa shape index (κ2) is 6.09. The Kier molecular flexibility index (Phi) is 3.92. The van der Waals surface area contributed by atoms with Crippen LogP contribution in [0.2, 0.25) is 0 Å². The third-order valence-electron chi connectivity index (χ3n) is 5.38. The van der Waals surface area contributed by atoms with E-state index in [4.69, 9.17) is 5.73 Å². The van der Waals surface area contributed by atoms with Crippen molar-refractivity contribution < 1.29 is 4.79 Å². The summed E-state index contributed by atoms with van der Waals surface area (Å²) in [4.78, 5) is 23.3. The molecule has 3 heterocycles. The Morgan fingerprint density at radius 3 is 2.54 bits per heavy atom. The van der Waals surface area contributed by atoms with E-state index < -0.39 is 0 Å². The topological polar surface area (TPSA) is 65.2 Å². The molecule has 128 valence electrons. The highest BCUT2D eigenvalue weighted by Crippen LogP contribution is 2.31. The van der Waals surface area contributed by atoms with Gasteiger partial charge >= 0.3 is 6.03 Å². The SMILES string of the molecule is CCC1=NCCCN1c1ccc(N2C[C@@H]3[C@H](N)CCN3C2=O)cc1. The van der Waals surface area contributed by atoms with Crippen LogP contribution >= 0.6 is 0 Å². The number of rotatable bonds is 3. The van der Waals surface area contributed by atoms with Gasteiger partial charge in [0.25, 0.3) is 0 Å². The van der Waals surface area contributed by atoms with E-state index in [1.807, 2.05) is 21.9 Å². The summed E-state index contributed by atoms with van der Waals surface area (Å²) in [6.45, 7) is 5.57. The van der Waals surface area contributed by atoms with Gasteiger partial charge in [0.2, 0.25) is 0 Å². The summed E-state index contributed by atoms with van der Waals surface area (Å²) in [6.07, 6.45) is 2.95. The third kappa shape index (κ3) is 2.45. The van der Waals surface area contributed by atoms with Crippen molar-refractivity contribution in [3.05, 3.63) is 24.3 Å². The molecule has 2 amide bonds. The molecule has 3 aliphatic heterocycles. The first-order chi connectivity index (χ1) is 11.7. The predicted molar refractivity (Wildman–Crippen MR) is 96.8 cm³/mol. The van der Waals surface area contributed by atoms with Crippen LogP contribution in [0.1, 0.15) is 26.2 Å². The highest BCUT2D eigenvalue weighted by Gasteiger charge is 2.44. The van der Waals surface area contributed by atoms with Gasteiger partial charge in [-0.05, 0) is 37.1 Å². The Hall–Kier alpha value is -2.08. The summed E-state index contributed by atoms with van der Waals surface area (Å²) in [6, 6.07) is 8.65. The number of nitrogens with zero attached hydrogens (tertiary/aromatic N) is 4. The Morgan fingerprint density at radius 2 is 1.88 bits per heavy atom. The number of aliphatic imine (C=N–C) groups is 1. The molecule has 6 nitrogen and oxygen atoms in total. The average molecular weight is 327 g/mol. The van der Waals surface area contributed by atoms with E-state index in [9.17, 15) is 4.79 Å². The summed E-state index contributed by atoms with van der Waals surface area (Å²) in [7, 11) is 0. The number of amidine groups is 1. The first kappa shape index (κ1) is 15.4. The van der Waals surface area contributed by atoms with Crippen LogP contribution in [0.25, 0.3) is 0 Å². The highest BCUT2D eigenvalue weighted by molar-refractivity contribution is 5.99. The average Bonchev–Trinajstić information content (AvgIpc) is 3.15. The lowest BCUT2D eigenvalue weighted by atomic mass is 10.1. The Morgan fingerprint density at radius 1 is 1.17 bits per heavy atom. The summed E-state index contributed by atoms with van der Waals surface area (Å²) in [5, 5.41) is 0. The number of carbonyl (C=O) groups excluding carboxylic acids is 1. The van der Waals surface area contributed by atoms with Crippen LogP contribution in [0.15, 0.2) is 29.3 Å². The number of hydrogen-bond acceptors (Lipinski definition) is 4. The molecule has 2 saturated heterocycles. The number of benzene rings is 1. The van der Waals surface area contributed by atoms with Crippen molar-refractivity contribution in [2.75, 3.05) is 36.0 Å². The maximum Gasteiger partial charge on any atom is 0.324 e. The number of urea groups is 1. The smallest absolute Gasteiger partial charge is 0.324 e.